The molecule has 0 atom stereocenters. The van der Waals surface area contributed by atoms with Gasteiger partial charge in [-0.1, -0.05) is 30.3 Å². The van der Waals surface area contributed by atoms with E-state index in [1.165, 1.54) is 12.3 Å². The minimum absolute atomic E-state index is 0.113. The molecule has 0 fully saturated rings. The van der Waals surface area contributed by atoms with Gasteiger partial charge in [0.05, 0.1) is 11.8 Å². The molecular weight excluding hydrogens is 308 g/mol. The number of carbonyl (C=O) groups is 2. The van der Waals surface area contributed by atoms with Crippen LogP contribution in [-0.2, 0) is 4.79 Å². The number of benzene rings is 2. The molecule has 6 nitrogen and oxygen atoms in total. The Bertz CT molecular complexity index is 784. The lowest BCUT2D eigenvalue weighted by molar-refractivity contribution is -0.123. The first kappa shape index (κ1) is 17.2. The number of nitrogens with one attached hydrogen (secondary N) is 1. The molecule has 2 rings (SSSR count). The number of carboxylic acids is 1. The lowest BCUT2D eigenvalue weighted by Crippen LogP contribution is -2.24. The second kappa shape index (κ2) is 7.92. The minimum atomic E-state index is -1.05. The highest BCUT2D eigenvalue weighted by Crippen LogP contribution is 2.18. The molecule has 124 valence electrons. The van der Waals surface area contributed by atoms with Crippen molar-refractivity contribution in [1.29, 1.82) is 0 Å². The van der Waals surface area contributed by atoms with E-state index in [1.54, 1.807) is 18.2 Å². The Balaban J connectivity index is 1.92. The van der Waals surface area contributed by atoms with Crippen molar-refractivity contribution in [3.8, 4) is 5.75 Å². The molecule has 0 heterocycles. The number of amides is 1. The summed E-state index contributed by atoms with van der Waals surface area (Å²) in [6, 6.07) is 12.1. The molecule has 0 spiro atoms. The van der Waals surface area contributed by atoms with E-state index in [2.05, 4.69) is 10.5 Å². The molecule has 6 heteroatoms. The molecule has 0 unspecified atom stereocenters. The summed E-state index contributed by atoms with van der Waals surface area (Å²) in [7, 11) is 0. The van der Waals surface area contributed by atoms with Crippen LogP contribution in [0.15, 0.2) is 47.6 Å². The number of aryl methyl sites for hydroxylation is 2. The summed E-state index contributed by atoms with van der Waals surface area (Å²) in [6.45, 7) is 3.66. The number of carbonyl (C=O) groups excluding carboxylic acids is 1. The summed E-state index contributed by atoms with van der Waals surface area (Å²) in [6.07, 6.45) is 1.29. The van der Waals surface area contributed by atoms with Crippen molar-refractivity contribution in [1.82, 2.24) is 5.43 Å². The fourth-order valence-corrected chi connectivity index (χ4v) is 2.02. The largest absolute Gasteiger partial charge is 0.483 e. The molecule has 0 bridgehead atoms. The van der Waals surface area contributed by atoms with E-state index in [-0.39, 0.29) is 12.2 Å². The van der Waals surface area contributed by atoms with E-state index in [9.17, 15) is 9.59 Å². The summed E-state index contributed by atoms with van der Waals surface area (Å²) >= 11 is 0. The highest BCUT2D eigenvalue weighted by Gasteiger charge is 2.07. The van der Waals surface area contributed by atoms with Crippen molar-refractivity contribution < 1.29 is 19.4 Å². The Morgan fingerprint density at radius 1 is 1.21 bits per heavy atom. The molecule has 24 heavy (non-hydrogen) atoms. The number of ether oxygens (including phenoxy) is 1. The van der Waals surface area contributed by atoms with E-state index in [1.807, 2.05) is 32.0 Å². The maximum atomic E-state index is 11.8. The van der Waals surface area contributed by atoms with Crippen LogP contribution in [-0.4, -0.2) is 29.8 Å². The monoisotopic (exact) mass is 326 g/mol. The second-order valence-corrected chi connectivity index (χ2v) is 5.24. The van der Waals surface area contributed by atoms with Gasteiger partial charge in [0.25, 0.3) is 5.91 Å². The molecule has 0 aliphatic rings. The number of hydrogen-bond donors (Lipinski definition) is 2. The predicted octanol–water partition coefficient (Wildman–Crippen LogP) is 2.53. The van der Waals surface area contributed by atoms with Crippen LogP contribution in [0.2, 0.25) is 0 Å². The highest BCUT2D eigenvalue weighted by molar-refractivity contribution is 5.98. The third kappa shape index (κ3) is 4.67. The van der Waals surface area contributed by atoms with Gasteiger partial charge in [-0.2, -0.15) is 5.10 Å². The first-order valence-corrected chi connectivity index (χ1v) is 7.31. The number of carboxylic acid groups (broad SMARTS) is 1. The van der Waals surface area contributed by atoms with E-state index in [0.717, 1.165) is 11.1 Å². The minimum Gasteiger partial charge on any atom is -0.483 e. The summed E-state index contributed by atoms with van der Waals surface area (Å²) in [5.41, 5.74) is 4.81. The van der Waals surface area contributed by atoms with Gasteiger partial charge in [0.15, 0.2) is 6.61 Å². The van der Waals surface area contributed by atoms with Crippen LogP contribution in [0.4, 0.5) is 0 Å². The number of hydrogen-bond acceptors (Lipinski definition) is 4. The summed E-state index contributed by atoms with van der Waals surface area (Å²) < 4.78 is 5.46. The third-order valence-electron chi connectivity index (χ3n) is 3.29. The van der Waals surface area contributed by atoms with Gasteiger partial charge in [-0.05, 0) is 37.1 Å². The number of hydrazone groups is 1. The van der Waals surface area contributed by atoms with Gasteiger partial charge in [-0.3, -0.25) is 4.79 Å². The van der Waals surface area contributed by atoms with E-state index in [0.29, 0.717) is 11.3 Å². The van der Waals surface area contributed by atoms with Crippen molar-refractivity contribution in [3.63, 3.8) is 0 Å². The lowest BCUT2D eigenvalue weighted by Gasteiger charge is -2.08. The van der Waals surface area contributed by atoms with Crippen LogP contribution < -0.4 is 10.2 Å². The molecule has 0 aromatic heterocycles. The van der Waals surface area contributed by atoms with Crippen molar-refractivity contribution in [2.75, 3.05) is 6.61 Å². The van der Waals surface area contributed by atoms with Gasteiger partial charge in [-0.15, -0.1) is 0 Å². The SMILES string of the molecule is Cc1ccc(C)c(OCC(=O)NN=Cc2ccccc2C(=O)O)c1. The Morgan fingerprint density at radius 2 is 1.96 bits per heavy atom. The summed E-state index contributed by atoms with van der Waals surface area (Å²) in [5, 5.41) is 12.8. The second-order valence-electron chi connectivity index (χ2n) is 5.24. The molecule has 2 aromatic rings. The van der Waals surface area contributed by atoms with Crippen molar-refractivity contribution in [2.45, 2.75) is 13.8 Å². The van der Waals surface area contributed by atoms with Crippen LogP contribution in [0.5, 0.6) is 5.75 Å². The summed E-state index contributed by atoms with van der Waals surface area (Å²) in [4.78, 5) is 22.8. The van der Waals surface area contributed by atoms with E-state index >= 15 is 0 Å². The smallest absolute Gasteiger partial charge is 0.336 e. The van der Waals surface area contributed by atoms with Crippen LogP contribution in [0, 0.1) is 13.8 Å². The van der Waals surface area contributed by atoms with Crippen LogP contribution in [0.1, 0.15) is 27.0 Å². The zero-order valence-corrected chi connectivity index (χ0v) is 13.4. The standard InChI is InChI=1S/C18H18N2O4/c1-12-7-8-13(2)16(9-12)24-11-17(21)20-19-10-14-5-3-4-6-15(14)18(22)23/h3-10H,11H2,1-2H3,(H,20,21)(H,22,23). The third-order valence-corrected chi connectivity index (χ3v) is 3.29. The molecule has 0 saturated carbocycles. The van der Waals surface area contributed by atoms with E-state index < -0.39 is 11.9 Å². The van der Waals surface area contributed by atoms with Crippen molar-refractivity contribution >= 4 is 18.1 Å². The topological polar surface area (TPSA) is 88.0 Å². The molecular formula is C18H18N2O4. The number of rotatable bonds is 6. The van der Waals surface area contributed by atoms with Gasteiger partial charge >= 0.3 is 5.97 Å². The van der Waals surface area contributed by atoms with Crippen LogP contribution in [0.3, 0.4) is 0 Å². The normalized spacial score (nSPS) is 10.6. The quantitative estimate of drug-likeness (QED) is 0.631. The fourth-order valence-electron chi connectivity index (χ4n) is 2.02. The van der Waals surface area contributed by atoms with Crippen molar-refractivity contribution in [2.24, 2.45) is 5.10 Å². The van der Waals surface area contributed by atoms with Crippen molar-refractivity contribution in [3.05, 3.63) is 64.7 Å². The number of nitrogens with zero attached hydrogens (tertiary/aromatic N) is 1. The molecule has 2 aromatic carbocycles. The first-order valence-electron chi connectivity index (χ1n) is 7.31. The van der Waals surface area contributed by atoms with Gasteiger partial charge in [0, 0.05) is 5.56 Å². The number of aromatic carboxylic acids is 1. The molecule has 0 aliphatic heterocycles. The summed E-state index contributed by atoms with van der Waals surface area (Å²) in [5.74, 6) is -0.841. The average Bonchev–Trinajstić information content (AvgIpc) is 2.56. The predicted molar refractivity (Wildman–Crippen MR) is 90.5 cm³/mol. The molecule has 0 aliphatic carbocycles. The molecule has 2 N–H and O–H groups in total. The maximum absolute atomic E-state index is 11.8. The first-order chi connectivity index (χ1) is 11.5. The average molecular weight is 326 g/mol. The Kier molecular flexibility index (Phi) is 5.68. The van der Waals surface area contributed by atoms with Crippen LogP contribution >= 0.6 is 0 Å². The van der Waals surface area contributed by atoms with E-state index in [4.69, 9.17) is 9.84 Å². The van der Waals surface area contributed by atoms with Gasteiger partial charge in [0.1, 0.15) is 5.75 Å². The fraction of sp³-hybridized carbons (Fsp3) is 0.167. The zero-order chi connectivity index (χ0) is 17.5. The Hall–Kier alpha value is -3.15. The Labute approximate surface area is 139 Å². The highest BCUT2D eigenvalue weighted by atomic mass is 16.5. The maximum Gasteiger partial charge on any atom is 0.336 e. The van der Waals surface area contributed by atoms with Crippen LogP contribution in [0.25, 0.3) is 0 Å². The van der Waals surface area contributed by atoms with Gasteiger partial charge in [0.2, 0.25) is 0 Å². The van der Waals surface area contributed by atoms with Gasteiger partial charge < -0.3 is 9.84 Å². The molecule has 0 radical (unpaired) electrons. The lowest BCUT2D eigenvalue weighted by atomic mass is 10.1. The Morgan fingerprint density at radius 3 is 2.71 bits per heavy atom. The molecule has 1 amide bonds. The zero-order valence-electron chi connectivity index (χ0n) is 13.4. The van der Waals surface area contributed by atoms with Gasteiger partial charge in [-0.25, -0.2) is 10.2 Å². The molecule has 0 saturated heterocycles.